The highest BCUT2D eigenvalue weighted by Gasteiger charge is 2.34. The lowest BCUT2D eigenvalue weighted by atomic mass is 10.1. The van der Waals surface area contributed by atoms with Gasteiger partial charge in [-0.25, -0.2) is 0 Å². The lowest BCUT2D eigenvalue weighted by Gasteiger charge is -2.18. The summed E-state index contributed by atoms with van der Waals surface area (Å²) in [5.41, 5.74) is 0.864. The molecule has 21 heavy (non-hydrogen) atoms. The second-order valence-electron chi connectivity index (χ2n) is 5.79. The molecule has 2 aromatic heterocycles. The minimum absolute atomic E-state index is 0.000614. The molecule has 1 unspecified atom stereocenters. The summed E-state index contributed by atoms with van der Waals surface area (Å²) in [5, 5.41) is 4.00. The molecule has 3 heterocycles. The molecule has 110 valence electrons. The molecule has 0 spiro atoms. The zero-order valence-corrected chi connectivity index (χ0v) is 12.2. The lowest BCUT2D eigenvalue weighted by molar-refractivity contribution is -0.128. The van der Waals surface area contributed by atoms with E-state index >= 15 is 0 Å². The van der Waals surface area contributed by atoms with E-state index in [9.17, 15) is 4.79 Å². The Morgan fingerprint density at radius 1 is 1.38 bits per heavy atom. The van der Waals surface area contributed by atoms with Gasteiger partial charge in [-0.15, -0.1) is 0 Å². The number of rotatable bonds is 4. The van der Waals surface area contributed by atoms with Crippen LogP contribution in [0.5, 0.6) is 0 Å². The summed E-state index contributed by atoms with van der Waals surface area (Å²) in [7, 11) is 0. The van der Waals surface area contributed by atoms with Crippen molar-refractivity contribution in [3.05, 3.63) is 30.4 Å². The third-order valence-electron chi connectivity index (χ3n) is 3.53. The summed E-state index contributed by atoms with van der Waals surface area (Å²) in [6, 6.07) is 3.67. The molecule has 1 saturated heterocycles. The van der Waals surface area contributed by atoms with Crippen LogP contribution >= 0.6 is 0 Å². The number of amides is 1. The maximum absolute atomic E-state index is 12.0. The molecule has 0 radical (unpaired) electrons. The standard InChI is InChI=1S/C15H18N4O2/c1-10(2)8-19-9-12(7-13(19)20)15-17-14(18-21-15)11-3-5-16-6-4-11/h3-6,10,12H,7-9H2,1-2H3. The van der Waals surface area contributed by atoms with Gasteiger partial charge in [-0.3, -0.25) is 9.78 Å². The Balaban J connectivity index is 1.74. The number of hydrogen-bond acceptors (Lipinski definition) is 5. The number of aromatic nitrogens is 3. The van der Waals surface area contributed by atoms with Crippen molar-refractivity contribution in [2.45, 2.75) is 26.2 Å². The first-order valence-corrected chi connectivity index (χ1v) is 7.15. The monoisotopic (exact) mass is 286 g/mol. The van der Waals surface area contributed by atoms with E-state index in [1.807, 2.05) is 17.0 Å². The van der Waals surface area contributed by atoms with Crippen LogP contribution in [0, 0.1) is 5.92 Å². The fourth-order valence-electron chi connectivity index (χ4n) is 2.57. The molecule has 3 rings (SSSR count). The summed E-state index contributed by atoms with van der Waals surface area (Å²) in [4.78, 5) is 22.3. The van der Waals surface area contributed by atoms with Gasteiger partial charge < -0.3 is 9.42 Å². The van der Waals surface area contributed by atoms with Crippen LogP contribution in [-0.4, -0.2) is 39.0 Å². The van der Waals surface area contributed by atoms with Crippen molar-refractivity contribution in [3.8, 4) is 11.4 Å². The number of nitrogens with zero attached hydrogens (tertiary/aromatic N) is 4. The molecule has 6 nitrogen and oxygen atoms in total. The molecule has 1 amide bonds. The number of likely N-dealkylation sites (tertiary alicyclic amines) is 1. The van der Waals surface area contributed by atoms with Crippen molar-refractivity contribution < 1.29 is 9.32 Å². The van der Waals surface area contributed by atoms with Gasteiger partial charge in [0.1, 0.15) is 0 Å². The highest BCUT2D eigenvalue weighted by molar-refractivity contribution is 5.79. The van der Waals surface area contributed by atoms with Crippen LogP contribution in [0.2, 0.25) is 0 Å². The van der Waals surface area contributed by atoms with Gasteiger partial charge in [0, 0.05) is 37.5 Å². The number of hydrogen-bond donors (Lipinski definition) is 0. The third-order valence-corrected chi connectivity index (χ3v) is 3.53. The molecule has 2 aromatic rings. The van der Waals surface area contributed by atoms with Crippen molar-refractivity contribution in [3.63, 3.8) is 0 Å². The average Bonchev–Trinajstić information content (AvgIpc) is 3.07. The van der Waals surface area contributed by atoms with E-state index in [1.54, 1.807) is 12.4 Å². The molecule has 1 atom stereocenters. The van der Waals surface area contributed by atoms with E-state index in [1.165, 1.54) is 0 Å². The van der Waals surface area contributed by atoms with Gasteiger partial charge in [-0.1, -0.05) is 19.0 Å². The molecular formula is C15H18N4O2. The van der Waals surface area contributed by atoms with Gasteiger partial charge in [-0.2, -0.15) is 4.98 Å². The van der Waals surface area contributed by atoms with Gasteiger partial charge in [0.25, 0.3) is 0 Å². The van der Waals surface area contributed by atoms with E-state index in [4.69, 9.17) is 4.52 Å². The van der Waals surface area contributed by atoms with Crippen LogP contribution in [0.4, 0.5) is 0 Å². The van der Waals surface area contributed by atoms with Crippen LogP contribution in [0.25, 0.3) is 11.4 Å². The van der Waals surface area contributed by atoms with Crippen molar-refractivity contribution in [1.82, 2.24) is 20.0 Å². The molecule has 1 aliphatic rings. The second-order valence-corrected chi connectivity index (χ2v) is 5.79. The number of carbonyl (C=O) groups is 1. The van der Waals surface area contributed by atoms with Gasteiger partial charge >= 0.3 is 0 Å². The first-order valence-electron chi connectivity index (χ1n) is 7.15. The molecule has 1 fully saturated rings. The summed E-state index contributed by atoms with van der Waals surface area (Å²) in [5.74, 6) is 1.71. The largest absolute Gasteiger partial charge is 0.342 e. The highest BCUT2D eigenvalue weighted by Crippen LogP contribution is 2.28. The van der Waals surface area contributed by atoms with Crippen LogP contribution in [-0.2, 0) is 4.79 Å². The first-order chi connectivity index (χ1) is 10.1. The molecule has 0 bridgehead atoms. The van der Waals surface area contributed by atoms with E-state index in [-0.39, 0.29) is 11.8 Å². The predicted octanol–water partition coefficient (Wildman–Crippen LogP) is 2.10. The first kappa shape index (κ1) is 13.7. The fraction of sp³-hybridized carbons (Fsp3) is 0.467. The molecule has 0 N–H and O–H groups in total. The van der Waals surface area contributed by atoms with Crippen LogP contribution in [0.3, 0.4) is 0 Å². The molecular weight excluding hydrogens is 268 g/mol. The number of carbonyl (C=O) groups excluding carboxylic acids is 1. The van der Waals surface area contributed by atoms with Gasteiger partial charge in [0.15, 0.2) is 0 Å². The average molecular weight is 286 g/mol. The Kier molecular flexibility index (Phi) is 3.68. The molecule has 1 aliphatic heterocycles. The van der Waals surface area contributed by atoms with Crippen molar-refractivity contribution in [2.24, 2.45) is 5.92 Å². The minimum atomic E-state index is -0.000614. The topological polar surface area (TPSA) is 72.1 Å². The van der Waals surface area contributed by atoms with Crippen molar-refractivity contribution in [2.75, 3.05) is 13.1 Å². The Labute approximate surface area is 123 Å². The Morgan fingerprint density at radius 2 is 2.14 bits per heavy atom. The van der Waals surface area contributed by atoms with Crippen LogP contribution in [0.1, 0.15) is 32.1 Å². The molecule has 0 aromatic carbocycles. The maximum Gasteiger partial charge on any atom is 0.232 e. The van der Waals surface area contributed by atoms with E-state index in [0.717, 1.165) is 12.1 Å². The van der Waals surface area contributed by atoms with E-state index in [0.29, 0.717) is 30.6 Å². The van der Waals surface area contributed by atoms with E-state index < -0.39 is 0 Å². The minimum Gasteiger partial charge on any atom is -0.342 e. The summed E-state index contributed by atoms with van der Waals surface area (Å²) < 4.78 is 5.34. The summed E-state index contributed by atoms with van der Waals surface area (Å²) in [6.07, 6.45) is 3.83. The molecule has 6 heteroatoms. The highest BCUT2D eigenvalue weighted by atomic mass is 16.5. The quantitative estimate of drug-likeness (QED) is 0.860. The molecule has 0 aliphatic carbocycles. The SMILES string of the molecule is CC(C)CN1CC(c2nc(-c3ccncc3)no2)CC1=O. The van der Waals surface area contributed by atoms with E-state index in [2.05, 4.69) is 29.0 Å². The van der Waals surface area contributed by atoms with Gasteiger partial charge in [0.2, 0.25) is 17.6 Å². The third kappa shape index (κ3) is 2.94. The Morgan fingerprint density at radius 3 is 2.86 bits per heavy atom. The summed E-state index contributed by atoms with van der Waals surface area (Å²) in [6.45, 7) is 5.65. The normalized spacial score (nSPS) is 18.7. The Bertz CT molecular complexity index is 624. The van der Waals surface area contributed by atoms with Crippen molar-refractivity contribution >= 4 is 5.91 Å². The number of pyridine rings is 1. The maximum atomic E-state index is 12.0. The zero-order valence-electron chi connectivity index (χ0n) is 12.2. The van der Waals surface area contributed by atoms with Gasteiger partial charge in [0.05, 0.1) is 5.92 Å². The zero-order chi connectivity index (χ0) is 14.8. The predicted molar refractivity (Wildman–Crippen MR) is 76.3 cm³/mol. The second kappa shape index (κ2) is 5.63. The molecule has 0 saturated carbocycles. The van der Waals surface area contributed by atoms with Crippen molar-refractivity contribution in [1.29, 1.82) is 0 Å². The fourth-order valence-corrected chi connectivity index (χ4v) is 2.57. The summed E-state index contributed by atoms with van der Waals surface area (Å²) >= 11 is 0. The van der Waals surface area contributed by atoms with Crippen LogP contribution in [0.15, 0.2) is 29.0 Å². The van der Waals surface area contributed by atoms with Gasteiger partial charge in [-0.05, 0) is 18.1 Å². The Hall–Kier alpha value is -2.24. The lowest BCUT2D eigenvalue weighted by Crippen LogP contribution is -2.29. The van der Waals surface area contributed by atoms with Crippen LogP contribution < -0.4 is 0 Å². The smallest absolute Gasteiger partial charge is 0.232 e.